The van der Waals surface area contributed by atoms with Gasteiger partial charge in [-0.15, -0.1) is 0 Å². The second kappa shape index (κ2) is 5.40. The van der Waals surface area contributed by atoms with Crippen LogP contribution in [0.25, 0.3) is 0 Å². The molecule has 2 aromatic rings. The van der Waals surface area contributed by atoms with E-state index in [2.05, 4.69) is 26.2 Å². The van der Waals surface area contributed by atoms with E-state index in [9.17, 15) is 9.90 Å². The van der Waals surface area contributed by atoms with Crippen molar-refractivity contribution < 1.29 is 9.90 Å². The molecule has 98 valence electrons. The Balaban J connectivity index is 2.28. The fourth-order valence-electron chi connectivity index (χ4n) is 1.68. The van der Waals surface area contributed by atoms with Gasteiger partial charge >= 0.3 is 0 Å². The van der Waals surface area contributed by atoms with Gasteiger partial charge < -0.3 is 10.4 Å². The maximum absolute atomic E-state index is 12.1. The van der Waals surface area contributed by atoms with Gasteiger partial charge in [-0.25, -0.2) is 4.98 Å². The van der Waals surface area contributed by atoms with Crippen molar-refractivity contribution in [2.45, 2.75) is 13.8 Å². The maximum Gasteiger partial charge on any atom is 0.259 e. The van der Waals surface area contributed by atoms with Crippen LogP contribution in [-0.4, -0.2) is 16.0 Å². The van der Waals surface area contributed by atoms with E-state index in [4.69, 9.17) is 0 Å². The molecule has 0 aliphatic heterocycles. The minimum Gasteiger partial charge on any atom is -0.507 e. The smallest absolute Gasteiger partial charge is 0.259 e. The van der Waals surface area contributed by atoms with Crippen molar-refractivity contribution in [1.82, 2.24) is 4.98 Å². The van der Waals surface area contributed by atoms with Gasteiger partial charge in [0.05, 0.1) is 16.9 Å². The van der Waals surface area contributed by atoms with Crippen LogP contribution >= 0.6 is 15.9 Å². The number of carbonyl (C=O) groups excluding carboxylic acids is 1. The highest BCUT2D eigenvalue weighted by Gasteiger charge is 2.12. The molecule has 0 aliphatic rings. The number of carbonyl (C=O) groups is 1. The number of aromatic hydroxyl groups is 1. The molecule has 4 nitrogen and oxygen atoms in total. The first kappa shape index (κ1) is 13.5. The van der Waals surface area contributed by atoms with Gasteiger partial charge in [0.1, 0.15) is 10.4 Å². The van der Waals surface area contributed by atoms with Crippen LogP contribution in [0, 0.1) is 13.8 Å². The Morgan fingerprint density at radius 3 is 2.68 bits per heavy atom. The summed E-state index contributed by atoms with van der Waals surface area (Å²) in [6, 6.07) is 8.41. The number of aryl methyl sites for hydroxylation is 2. The molecular formula is C14H13BrN2O2. The Hall–Kier alpha value is -1.88. The van der Waals surface area contributed by atoms with E-state index in [1.807, 2.05) is 6.92 Å². The number of nitrogens with zero attached hydrogens (tertiary/aromatic N) is 1. The highest BCUT2D eigenvalue weighted by atomic mass is 79.9. The number of aromatic nitrogens is 1. The van der Waals surface area contributed by atoms with Crippen LogP contribution in [0.15, 0.2) is 34.9 Å². The van der Waals surface area contributed by atoms with E-state index < -0.39 is 0 Å². The quantitative estimate of drug-likeness (QED) is 0.833. The Morgan fingerprint density at radius 1 is 1.26 bits per heavy atom. The molecule has 1 heterocycles. The molecule has 0 bridgehead atoms. The van der Waals surface area contributed by atoms with Crippen molar-refractivity contribution in [3.8, 4) is 5.75 Å². The van der Waals surface area contributed by atoms with Crippen LogP contribution in [0.1, 0.15) is 21.6 Å². The topological polar surface area (TPSA) is 62.2 Å². The zero-order valence-electron chi connectivity index (χ0n) is 10.6. The Labute approximate surface area is 119 Å². The molecule has 0 saturated heterocycles. The number of hydrogen-bond donors (Lipinski definition) is 2. The van der Waals surface area contributed by atoms with Crippen molar-refractivity contribution in [3.63, 3.8) is 0 Å². The monoisotopic (exact) mass is 320 g/mol. The highest BCUT2D eigenvalue weighted by Crippen LogP contribution is 2.21. The normalized spacial score (nSPS) is 10.3. The van der Waals surface area contributed by atoms with E-state index in [-0.39, 0.29) is 17.2 Å². The lowest BCUT2D eigenvalue weighted by molar-refractivity contribution is 0.102. The third kappa shape index (κ3) is 3.12. The SMILES string of the molecule is Cc1ccc(O)c(C(=O)Nc2ccc(Br)nc2C)c1. The summed E-state index contributed by atoms with van der Waals surface area (Å²) in [7, 11) is 0. The van der Waals surface area contributed by atoms with Gasteiger partial charge in [-0.05, 0) is 54.0 Å². The van der Waals surface area contributed by atoms with Crippen molar-refractivity contribution in [1.29, 1.82) is 0 Å². The molecule has 1 aromatic carbocycles. The molecule has 0 unspecified atom stereocenters. The highest BCUT2D eigenvalue weighted by molar-refractivity contribution is 9.10. The van der Waals surface area contributed by atoms with Gasteiger partial charge in [-0.2, -0.15) is 0 Å². The molecule has 5 heteroatoms. The van der Waals surface area contributed by atoms with Gasteiger partial charge in [0, 0.05) is 0 Å². The summed E-state index contributed by atoms with van der Waals surface area (Å²) in [6.45, 7) is 3.67. The number of anilines is 1. The van der Waals surface area contributed by atoms with Crippen LogP contribution in [0.5, 0.6) is 5.75 Å². The van der Waals surface area contributed by atoms with E-state index in [0.29, 0.717) is 16.0 Å². The lowest BCUT2D eigenvalue weighted by Crippen LogP contribution is -2.13. The average molecular weight is 321 g/mol. The number of pyridine rings is 1. The number of phenols is 1. The summed E-state index contributed by atoms with van der Waals surface area (Å²) < 4.78 is 0.710. The molecule has 19 heavy (non-hydrogen) atoms. The summed E-state index contributed by atoms with van der Waals surface area (Å²) in [4.78, 5) is 16.3. The van der Waals surface area contributed by atoms with E-state index in [1.54, 1.807) is 31.2 Å². The standard InChI is InChI=1S/C14H13BrN2O2/c1-8-3-5-12(18)10(7-8)14(19)17-11-4-6-13(15)16-9(11)2/h3-7,18H,1-2H3,(H,17,19). The minimum atomic E-state index is -0.353. The minimum absolute atomic E-state index is 0.0363. The first-order valence-corrected chi connectivity index (χ1v) is 6.51. The van der Waals surface area contributed by atoms with E-state index >= 15 is 0 Å². The largest absolute Gasteiger partial charge is 0.507 e. The van der Waals surface area contributed by atoms with Gasteiger partial charge in [0.15, 0.2) is 0 Å². The molecule has 2 rings (SSSR count). The summed E-state index contributed by atoms with van der Waals surface area (Å²) in [6.07, 6.45) is 0. The fraction of sp³-hybridized carbons (Fsp3) is 0.143. The number of halogens is 1. The van der Waals surface area contributed by atoms with Gasteiger partial charge in [0.2, 0.25) is 0 Å². The Kier molecular flexibility index (Phi) is 3.85. The van der Waals surface area contributed by atoms with Crippen LogP contribution in [0.4, 0.5) is 5.69 Å². The van der Waals surface area contributed by atoms with Crippen LogP contribution in [0.2, 0.25) is 0 Å². The molecule has 0 fully saturated rings. The molecule has 0 radical (unpaired) electrons. The summed E-state index contributed by atoms with van der Waals surface area (Å²) >= 11 is 3.26. The molecule has 0 aliphatic carbocycles. The van der Waals surface area contributed by atoms with Gasteiger partial charge in [-0.1, -0.05) is 11.6 Å². The number of hydrogen-bond acceptors (Lipinski definition) is 3. The second-order valence-electron chi connectivity index (χ2n) is 4.24. The number of phenolic OH excluding ortho intramolecular Hbond substituents is 1. The Morgan fingerprint density at radius 2 is 2.00 bits per heavy atom. The maximum atomic E-state index is 12.1. The molecule has 1 aromatic heterocycles. The molecule has 0 atom stereocenters. The third-order valence-electron chi connectivity index (χ3n) is 2.70. The molecule has 0 spiro atoms. The van der Waals surface area contributed by atoms with Gasteiger partial charge in [0.25, 0.3) is 5.91 Å². The average Bonchev–Trinajstić information content (AvgIpc) is 2.35. The number of rotatable bonds is 2. The van der Waals surface area contributed by atoms with Gasteiger partial charge in [-0.3, -0.25) is 4.79 Å². The summed E-state index contributed by atoms with van der Waals surface area (Å²) in [5.41, 5.74) is 2.49. The molecule has 1 amide bonds. The van der Waals surface area contributed by atoms with E-state index in [1.165, 1.54) is 6.07 Å². The fourth-order valence-corrected chi connectivity index (χ4v) is 2.08. The van der Waals surface area contributed by atoms with Crippen LogP contribution < -0.4 is 5.32 Å². The summed E-state index contributed by atoms with van der Waals surface area (Å²) in [5.74, 6) is -0.390. The predicted octanol–water partition coefficient (Wildman–Crippen LogP) is 3.42. The third-order valence-corrected chi connectivity index (χ3v) is 3.14. The predicted molar refractivity (Wildman–Crippen MR) is 77.5 cm³/mol. The van der Waals surface area contributed by atoms with Crippen molar-refractivity contribution in [2.75, 3.05) is 5.32 Å². The molecular weight excluding hydrogens is 308 g/mol. The lowest BCUT2D eigenvalue weighted by Gasteiger charge is -2.09. The number of amides is 1. The van der Waals surface area contributed by atoms with Crippen LogP contribution in [0.3, 0.4) is 0 Å². The Bertz CT molecular complexity index is 641. The summed E-state index contributed by atoms with van der Waals surface area (Å²) in [5, 5.41) is 12.5. The van der Waals surface area contributed by atoms with Crippen molar-refractivity contribution in [3.05, 3.63) is 51.8 Å². The lowest BCUT2D eigenvalue weighted by atomic mass is 10.1. The first-order chi connectivity index (χ1) is 8.97. The van der Waals surface area contributed by atoms with Crippen LogP contribution in [-0.2, 0) is 0 Å². The van der Waals surface area contributed by atoms with Crippen molar-refractivity contribution in [2.24, 2.45) is 0 Å². The van der Waals surface area contributed by atoms with E-state index in [0.717, 1.165) is 5.56 Å². The first-order valence-electron chi connectivity index (χ1n) is 5.71. The van der Waals surface area contributed by atoms with Crippen molar-refractivity contribution >= 4 is 27.5 Å². The zero-order valence-corrected chi connectivity index (χ0v) is 12.2. The molecule has 0 saturated carbocycles. The molecule has 2 N–H and O–H groups in total. The number of benzene rings is 1. The second-order valence-corrected chi connectivity index (χ2v) is 5.05. The zero-order chi connectivity index (χ0) is 14.0. The number of nitrogens with one attached hydrogen (secondary N) is 1.